The molecular weight excluding hydrogens is 1100 g/mol. The van der Waals surface area contributed by atoms with Crippen molar-refractivity contribution in [1.82, 2.24) is 0 Å². The van der Waals surface area contributed by atoms with E-state index >= 15 is 0 Å². The monoisotopic (exact) mass is 1220 g/mol. The summed E-state index contributed by atoms with van der Waals surface area (Å²) in [7, 11) is -4.42. The lowest BCUT2D eigenvalue weighted by Crippen LogP contribution is -2.29. The van der Waals surface area contributed by atoms with E-state index in [4.69, 9.17) is 24.3 Å². The van der Waals surface area contributed by atoms with Gasteiger partial charge in [0.25, 0.3) is 0 Å². The smallest absolute Gasteiger partial charge is 0.462 e. The van der Waals surface area contributed by atoms with Crippen LogP contribution in [0, 0.1) is 0 Å². The van der Waals surface area contributed by atoms with Crippen molar-refractivity contribution in [1.29, 1.82) is 0 Å². The molecule has 2 atom stereocenters. The highest BCUT2D eigenvalue weighted by Crippen LogP contribution is 2.43. The van der Waals surface area contributed by atoms with Crippen LogP contribution in [0.1, 0.15) is 219 Å². The van der Waals surface area contributed by atoms with E-state index in [-0.39, 0.29) is 32.6 Å². The maximum Gasteiger partial charge on any atom is 0.472 e. The molecule has 0 rings (SSSR count). The van der Waals surface area contributed by atoms with Gasteiger partial charge in [-0.15, -0.1) is 0 Å². The van der Waals surface area contributed by atoms with E-state index in [1.165, 1.54) is 12.8 Å². The Balaban J connectivity index is 4.09. The highest BCUT2D eigenvalue weighted by molar-refractivity contribution is 7.47. The Kier molecular flexibility index (Phi) is 64.9. The number of unbranched alkanes of at least 4 members (excludes halogenated alkanes) is 10. The summed E-state index contributed by atoms with van der Waals surface area (Å²) >= 11 is 0. The Morgan fingerprint density at radius 3 is 0.897 bits per heavy atom. The Hall–Kier alpha value is -5.67. The summed E-state index contributed by atoms with van der Waals surface area (Å²) in [4.78, 5) is 35.3. The molecule has 3 N–H and O–H groups in total. The molecule has 0 aromatic carbocycles. The van der Waals surface area contributed by atoms with E-state index < -0.39 is 32.5 Å². The quantitative estimate of drug-likeness (QED) is 0.0264. The van der Waals surface area contributed by atoms with Gasteiger partial charge in [-0.05, 0) is 154 Å². The fourth-order valence-electron chi connectivity index (χ4n) is 8.03. The van der Waals surface area contributed by atoms with E-state index in [1.807, 2.05) is 0 Å². The number of phosphoric ester groups is 1. The molecule has 2 unspecified atom stereocenters. The van der Waals surface area contributed by atoms with Crippen molar-refractivity contribution < 1.29 is 37.6 Å². The zero-order chi connectivity index (χ0) is 63.0. The first-order valence-electron chi connectivity index (χ1n) is 33.2. The molecule has 0 bridgehead atoms. The number of hydrogen-bond acceptors (Lipinski definition) is 8. The fraction of sp³-hybridized carbons (Fsp3) is 0.506. The highest BCUT2D eigenvalue weighted by Gasteiger charge is 2.26. The molecule has 0 aliphatic carbocycles. The first-order valence-corrected chi connectivity index (χ1v) is 34.7. The first-order chi connectivity index (χ1) is 42.8. The van der Waals surface area contributed by atoms with Gasteiger partial charge in [0.1, 0.15) is 6.61 Å². The molecule has 0 amide bonds. The molecule has 10 heteroatoms. The van der Waals surface area contributed by atoms with Gasteiger partial charge in [0.05, 0.1) is 13.2 Å². The molecule has 87 heavy (non-hydrogen) atoms. The number of carbonyl (C=O) groups is 2. The molecule has 0 spiro atoms. The fourth-order valence-corrected chi connectivity index (χ4v) is 8.80. The number of allylic oxidation sites excluding steroid dienone is 36. The van der Waals surface area contributed by atoms with Crippen LogP contribution in [0.5, 0.6) is 0 Å². The molecular formula is C77H118NO8P. The van der Waals surface area contributed by atoms with E-state index in [9.17, 15) is 19.0 Å². The van der Waals surface area contributed by atoms with Crippen LogP contribution >= 0.6 is 7.82 Å². The van der Waals surface area contributed by atoms with Gasteiger partial charge in [-0.2, -0.15) is 0 Å². The molecule has 0 aliphatic rings. The summed E-state index contributed by atoms with van der Waals surface area (Å²) < 4.78 is 33.1. The van der Waals surface area contributed by atoms with Crippen molar-refractivity contribution in [3.05, 3.63) is 219 Å². The molecule has 0 saturated carbocycles. The van der Waals surface area contributed by atoms with Crippen molar-refractivity contribution in [3.8, 4) is 0 Å². The predicted octanol–water partition coefficient (Wildman–Crippen LogP) is 22.1. The van der Waals surface area contributed by atoms with Gasteiger partial charge in [-0.3, -0.25) is 18.6 Å². The minimum Gasteiger partial charge on any atom is -0.462 e. The van der Waals surface area contributed by atoms with Gasteiger partial charge < -0.3 is 20.1 Å². The second-order valence-electron chi connectivity index (χ2n) is 20.9. The molecule has 0 fully saturated rings. The molecule has 0 aromatic rings. The topological polar surface area (TPSA) is 134 Å². The minimum absolute atomic E-state index is 0.0340. The lowest BCUT2D eigenvalue weighted by molar-refractivity contribution is -0.161. The van der Waals surface area contributed by atoms with Crippen molar-refractivity contribution in [2.24, 2.45) is 5.73 Å². The molecule has 9 nitrogen and oxygen atoms in total. The maximum absolute atomic E-state index is 12.7. The molecule has 0 saturated heterocycles. The Labute approximate surface area is 531 Å². The van der Waals surface area contributed by atoms with E-state index in [0.29, 0.717) is 12.8 Å². The second kappa shape index (κ2) is 69.4. The lowest BCUT2D eigenvalue weighted by Gasteiger charge is -2.19. The predicted molar refractivity (Wildman–Crippen MR) is 375 cm³/mol. The van der Waals surface area contributed by atoms with Crippen molar-refractivity contribution in [2.75, 3.05) is 26.4 Å². The average Bonchev–Trinajstić information content (AvgIpc) is 3.65. The standard InChI is InChI=1S/C77H118NO8P/c1-3-5-7-9-11-13-15-17-19-21-23-25-27-29-30-31-32-33-34-35-36-37-38-39-40-41-42-43-44-46-48-50-52-54-56-58-60-62-64-66-68-70-77(80)86-75(74-85-87(81,82)84-72-71-78)73-83-76(79)69-67-65-63-61-59-57-55-53-51-49-47-45-28-26-24-22-20-18-16-14-12-10-8-6-4-2/h5-8,11-14,17-20,23-26,29-30,32-33,35-36,38-39,41-42,44-47,50-53,57,59,75H,3-4,9-10,15-16,21-22,27-28,31,34,37,40,43,48-49,54-56,58,60-74,78H2,1-2H3,(H,81,82)/b7-5-,8-6-,13-11-,14-12-,19-17-,20-18-,25-23-,26-24-,30-29-,33-32-,36-35-,39-38-,42-41-,46-44-,47-45-,52-50-,53-51-,59-57-. The molecule has 0 radical (unpaired) electrons. The number of carbonyl (C=O) groups excluding carboxylic acids is 2. The van der Waals surface area contributed by atoms with Crippen LogP contribution < -0.4 is 5.73 Å². The third-order valence-corrected chi connectivity index (χ3v) is 13.8. The van der Waals surface area contributed by atoms with E-state index in [2.05, 4.69) is 233 Å². The number of rotatable bonds is 59. The van der Waals surface area contributed by atoms with E-state index in [0.717, 1.165) is 167 Å². The van der Waals surface area contributed by atoms with Crippen LogP contribution in [0.4, 0.5) is 0 Å². The van der Waals surface area contributed by atoms with E-state index in [1.54, 1.807) is 0 Å². The number of nitrogens with two attached hydrogens (primary N) is 1. The Morgan fingerprint density at radius 2 is 0.598 bits per heavy atom. The van der Waals surface area contributed by atoms with Crippen molar-refractivity contribution >= 4 is 19.8 Å². The minimum atomic E-state index is -4.42. The summed E-state index contributed by atoms with van der Waals surface area (Å²) in [6, 6.07) is 0. The summed E-state index contributed by atoms with van der Waals surface area (Å²) in [5.74, 6) is -0.898. The summed E-state index contributed by atoms with van der Waals surface area (Å²) in [6.07, 6.45) is 109. The van der Waals surface area contributed by atoms with Crippen LogP contribution in [-0.4, -0.2) is 49.3 Å². The zero-order valence-corrected chi connectivity index (χ0v) is 55.0. The van der Waals surface area contributed by atoms with Gasteiger partial charge in [0, 0.05) is 19.4 Å². The summed E-state index contributed by atoms with van der Waals surface area (Å²) in [5.41, 5.74) is 5.39. The maximum atomic E-state index is 12.7. The molecule has 0 aromatic heterocycles. The van der Waals surface area contributed by atoms with Gasteiger partial charge in [0.15, 0.2) is 6.10 Å². The zero-order valence-electron chi connectivity index (χ0n) is 54.1. The van der Waals surface area contributed by atoms with Crippen molar-refractivity contribution in [3.63, 3.8) is 0 Å². The van der Waals surface area contributed by atoms with Crippen LogP contribution in [0.3, 0.4) is 0 Å². The lowest BCUT2D eigenvalue weighted by atomic mass is 10.1. The summed E-state index contributed by atoms with van der Waals surface area (Å²) in [6.45, 7) is 3.43. The van der Waals surface area contributed by atoms with Crippen LogP contribution in [0.25, 0.3) is 0 Å². The van der Waals surface area contributed by atoms with Gasteiger partial charge in [0.2, 0.25) is 0 Å². The Morgan fingerprint density at radius 1 is 0.345 bits per heavy atom. The van der Waals surface area contributed by atoms with Gasteiger partial charge in [-0.1, -0.05) is 271 Å². The third kappa shape index (κ3) is 69.3. The van der Waals surface area contributed by atoms with Crippen LogP contribution in [-0.2, 0) is 32.7 Å². The van der Waals surface area contributed by atoms with Crippen LogP contribution in [0.15, 0.2) is 219 Å². The molecule has 484 valence electrons. The normalized spacial score (nSPS) is 14.4. The number of hydrogen-bond donors (Lipinski definition) is 2. The first kappa shape index (κ1) is 81.3. The second-order valence-corrected chi connectivity index (χ2v) is 22.3. The number of ether oxygens (including phenoxy) is 2. The largest absolute Gasteiger partial charge is 0.472 e. The van der Waals surface area contributed by atoms with Gasteiger partial charge in [-0.25, -0.2) is 4.57 Å². The number of esters is 2. The van der Waals surface area contributed by atoms with Gasteiger partial charge >= 0.3 is 19.8 Å². The summed E-state index contributed by atoms with van der Waals surface area (Å²) in [5, 5.41) is 0. The third-order valence-electron chi connectivity index (χ3n) is 12.9. The Bertz CT molecular complexity index is 2220. The molecule has 0 heterocycles. The number of phosphoric acid groups is 1. The SMILES string of the molecule is CC/C=C\C/C=C\C/C=C\C/C=C\C/C=C\C/C=C\C/C=C\C/C=C\C/C=C\C/C=C\C/C=C\CCCCCCCCCC(=O)OC(COC(=O)CCCCC/C=C\C/C=C\C/C=C\C/C=C\C/C=C\C/C=C\C/C=C\CC)COP(=O)(O)OCCN. The molecule has 0 aliphatic heterocycles. The van der Waals surface area contributed by atoms with Crippen LogP contribution in [0.2, 0.25) is 0 Å². The highest BCUT2D eigenvalue weighted by atomic mass is 31.2. The van der Waals surface area contributed by atoms with Crippen molar-refractivity contribution in [2.45, 2.75) is 225 Å². The average molecular weight is 1220 g/mol.